The Morgan fingerprint density at radius 1 is 1.12 bits per heavy atom. The van der Waals surface area contributed by atoms with Crippen LogP contribution in [-0.2, 0) is 11.3 Å². The van der Waals surface area contributed by atoms with E-state index in [0.29, 0.717) is 19.7 Å². The molecule has 0 spiro atoms. The molecule has 2 aromatic heterocycles. The first-order chi connectivity index (χ1) is 12.0. The Morgan fingerprint density at radius 3 is 2.56 bits per heavy atom. The zero-order valence-corrected chi connectivity index (χ0v) is 15.0. The third-order valence-corrected chi connectivity index (χ3v) is 3.79. The number of nitrogens with two attached hydrogens (primary N) is 1. The molecule has 2 heterocycles. The first-order valence-corrected chi connectivity index (χ1v) is 8.48. The second kappa shape index (κ2) is 7.21. The lowest BCUT2D eigenvalue weighted by atomic mass is 10.1. The number of benzene rings is 1. The molecule has 0 radical (unpaired) electrons. The maximum Gasteiger partial charge on any atom is 0.154 e. The molecule has 132 valence electrons. The van der Waals surface area contributed by atoms with Crippen LogP contribution in [0.5, 0.6) is 0 Å². The van der Waals surface area contributed by atoms with Gasteiger partial charge in [0, 0.05) is 18.7 Å². The molecule has 0 amide bonds. The number of rotatable bonds is 6. The van der Waals surface area contributed by atoms with Crippen molar-refractivity contribution in [1.82, 2.24) is 14.6 Å². The van der Waals surface area contributed by atoms with Crippen LogP contribution in [0.2, 0.25) is 0 Å². The first-order valence-electron chi connectivity index (χ1n) is 8.48. The Morgan fingerprint density at radius 2 is 1.88 bits per heavy atom. The minimum absolute atomic E-state index is 0.133. The molecular formula is C19H25N5O. The van der Waals surface area contributed by atoms with E-state index in [9.17, 15) is 0 Å². The molecule has 6 heteroatoms. The van der Waals surface area contributed by atoms with Gasteiger partial charge in [0.25, 0.3) is 0 Å². The second-order valence-electron chi connectivity index (χ2n) is 6.92. The van der Waals surface area contributed by atoms with E-state index in [1.807, 2.05) is 67.9 Å². The van der Waals surface area contributed by atoms with Crippen molar-refractivity contribution in [2.75, 3.05) is 18.5 Å². The normalized spacial score (nSPS) is 11.8. The summed E-state index contributed by atoms with van der Waals surface area (Å²) in [6.07, 6.45) is 1.84. The van der Waals surface area contributed by atoms with Gasteiger partial charge in [-0.3, -0.25) is 0 Å². The molecule has 0 saturated heterocycles. The van der Waals surface area contributed by atoms with Gasteiger partial charge in [-0.2, -0.15) is 0 Å². The fourth-order valence-electron chi connectivity index (χ4n) is 2.51. The van der Waals surface area contributed by atoms with E-state index >= 15 is 0 Å². The van der Waals surface area contributed by atoms with E-state index in [2.05, 4.69) is 15.4 Å². The standard InChI is InChI=1S/C19H25N5O/c1-19(2,3)25-11-10-21-17-8-9-18-22-13-16(24(18)23-17)15-6-4-14(12-20)5-7-15/h4-9,13H,10-12,20H2,1-3H3,(H,21,23). The van der Waals surface area contributed by atoms with Crippen molar-refractivity contribution >= 4 is 11.5 Å². The summed E-state index contributed by atoms with van der Waals surface area (Å²) < 4.78 is 7.57. The maximum absolute atomic E-state index is 5.72. The highest BCUT2D eigenvalue weighted by molar-refractivity contribution is 5.63. The molecule has 0 saturated carbocycles. The predicted molar refractivity (Wildman–Crippen MR) is 101 cm³/mol. The van der Waals surface area contributed by atoms with E-state index in [1.54, 1.807) is 0 Å². The molecule has 3 aromatic rings. The van der Waals surface area contributed by atoms with Crippen molar-refractivity contribution in [2.45, 2.75) is 32.9 Å². The topological polar surface area (TPSA) is 77.5 Å². The van der Waals surface area contributed by atoms with Gasteiger partial charge < -0.3 is 15.8 Å². The zero-order valence-electron chi connectivity index (χ0n) is 15.0. The van der Waals surface area contributed by atoms with E-state index in [0.717, 1.165) is 28.3 Å². The molecule has 0 fully saturated rings. The quantitative estimate of drug-likeness (QED) is 0.675. The molecule has 1 aromatic carbocycles. The van der Waals surface area contributed by atoms with E-state index in [-0.39, 0.29) is 5.60 Å². The van der Waals surface area contributed by atoms with Crippen molar-refractivity contribution in [3.63, 3.8) is 0 Å². The third kappa shape index (κ3) is 4.35. The van der Waals surface area contributed by atoms with E-state index in [1.165, 1.54) is 0 Å². The summed E-state index contributed by atoms with van der Waals surface area (Å²) in [6.45, 7) is 8.00. The van der Waals surface area contributed by atoms with Crippen LogP contribution in [0.4, 0.5) is 5.82 Å². The molecule has 0 aliphatic rings. The molecule has 0 aliphatic heterocycles. The number of aromatic nitrogens is 3. The second-order valence-corrected chi connectivity index (χ2v) is 6.92. The Labute approximate surface area is 148 Å². The lowest BCUT2D eigenvalue weighted by molar-refractivity contribution is 0.00330. The number of nitrogens with zero attached hydrogens (tertiary/aromatic N) is 3. The summed E-state index contributed by atoms with van der Waals surface area (Å²) in [6, 6.07) is 12.0. The molecule has 6 nitrogen and oxygen atoms in total. The highest BCUT2D eigenvalue weighted by Crippen LogP contribution is 2.21. The van der Waals surface area contributed by atoms with Gasteiger partial charge in [0.2, 0.25) is 0 Å². The van der Waals surface area contributed by atoms with Gasteiger partial charge in [-0.25, -0.2) is 9.50 Å². The lowest BCUT2D eigenvalue weighted by Crippen LogP contribution is -2.23. The smallest absolute Gasteiger partial charge is 0.154 e. The Bertz CT molecular complexity index is 833. The number of nitrogens with one attached hydrogen (secondary N) is 1. The summed E-state index contributed by atoms with van der Waals surface area (Å²) in [4.78, 5) is 4.43. The van der Waals surface area contributed by atoms with E-state index in [4.69, 9.17) is 10.5 Å². The molecule has 3 rings (SSSR count). The van der Waals surface area contributed by atoms with Crippen molar-refractivity contribution in [3.05, 3.63) is 48.2 Å². The van der Waals surface area contributed by atoms with Gasteiger partial charge in [0.1, 0.15) is 5.82 Å². The molecule has 3 N–H and O–H groups in total. The summed E-state index contributed by atoms with van der Waals surface area (Å²) in [7, 11) is 0. The number of hydrogen-bond donors (Lipinski definition) is 2. The zero-order chi connectivity index (χ0) is 17.9. The van der Waals surface area contributed by atoms with Gasteiger partial charge in [0.05, 0.1) is 24.1 Å². The summed E-state index contributed by atoms with van der Waals surface area (Å²) in [5.41, 5.74) is 9.46. The monoisotopic (exact) mass is 339 g/mol. The summed E-state index contributed by atoms with van der Waals surface area (Å²) in [5.74, 6) is 0.794. The highest BCUT2D eigenvalue weighted by atomic mass is 16.5. The largest absolute Gasteiger partial charge is 0.374 e. The first kappa shape index (κ1) is 17.4. The van der Waals surface area contributed by atoms with Gasteiger partial charge in [0.15, 0.2) is 5.65 Å². The Kier molecular flexibility index (Phi) is 5.01. The van der Waals surface area contributed by atoms with Crippen LogP contribution >= 0.6 is 0 Å². The van der Waals surface area contributed by atoms with Crippen LogP contribution in [0.15, 0.2) is 42.6 Å². The van der Waals surface area contributed by atoms with Crippen LogP contribution in [-0.4, -0.2) is 33.4 Å². The van der Waals surface area contributed by atoms with Crippen LogP contribution in [0.1, 0.15) is 26.3 Å². The number of hydrogen-bond acceptors (Lipinski definition) is 5. The molecule has 0 unspecified atom stereocenters. The van der Waals surface area contributed by atoms with Gasteiger partial charge in [-0.05, 0) is 38.5 Å². The number of anilines is 1. The SMILES string of the molecule is CC(C)(C)OCCNc1ccc2ncc(-c3ccc(CN)cc3)n2n1. The number of fused-ring (bicyclic) bond motifs is 1. The summed E-state index contributed by atoms with van der Waals surface area (Å²) >= 11 is 0. The molecular weight excluding hydrogens is 314 g/mol. The van der Waals surface area contributed by atoms with Gasteiger partial charge in [-0.15, -0.1) is 5.10 Å². The average Bonchev–Trinajstić information content (AvgIpc) is 3.01. The van der Waals surface area contributed by atoms with E-state index < -0.39 is 0 Å². The van der Waals surface area contributed by atoms with Crippen molar-refractivity contribution < 1.29 is 4.74 Å². The molecule has 0 atom stereocenters. The fourth-order valence-corrected chi connectivity index (χ4v) is 2.51. The van der Waals surface area contributed by atoms with Crippen LogP contribution in [0.25, 0.3) is 16.9 Å². The number of imidazole rings is 1. The lowest BCUT2D eigenvalue weighted by Gasteiger charge is -2.19. The molecule has 0 aliphatic carbocycles. The third-order valence-electron chi connectivity index (χ3n) is 3.79. The molecule has 0 bridgehead atoms. The Hall–Kier alpha value is -2.44. The minimum atomic E-state index is -0.133. The predicted octanol–water partition coefficient (Wildman–Crippen LogP) is 3.08. The van der Waals surface area contributed by atoms with Crippen molar-refractivity contribution in [1.29, 1.82) is 0 Å². The Balaban J connectivity index is 1.77. The van der Waals surface area contributed by atoms with Gasteiger partial charge in [-0.1, -0.05) is 24.3 Å². The van der Waals surface area contributed by atoms with Crippen molar-refractivity contribution in [3.8, 4) is 11.3 Å². The van der Waals surface area contributed by atoms with Crippen LogP contribution < -0.4 is 11.1 Å². The highest BCUT2D eigenvalue weighted by Gasteiger charge is 2.10. The fraction of sp³-hybridized carbons (Fsp3) is 0.368. The van der Waals surface area contributed by atoms with Crippen molar-refractivity contribution in [2.24, 2.45) is 5.73 Å². The van der Waals surface area contributed by atoms with Crippen LogP contribution in [0.3, 0.4) is 0 Å². The molecule has 25 heavy (non-hydrogen) atoms. The minimum Gasteiger partial charge on any atom is -0.374 e. The average molecular weight is 339 g/mol. The van der Waals surface area contributed by atoms with Gasteiger partial charge >= 0.3 is 0 Å². The van der Waals surface area contributed by atoms with Crippen LogP contribution in [0, 0.1) is 0 Å². The number of ether oxygens (including phenoxy) is 1. The maximum atomic E-state index is 5.72. The summed E-state index contributed by atoms with van der Waals surface area (Å²) in [5, 5.41) is 7.95.